The van der Waals surface area contributed by atoms with Crippen LogP contribution in [0.4, 0.5) is 5.82 Å². The molecule has 13 heavy (non-hydrogen) atoms. The van der Waals surface area contributed by atoms with E-state index in [2.05, 4.69) is 5.16 Å². The van der Waals surface area contributed by atoms with Gasteiger partial charge in [0, 0.05) is 12.0 Å². The van der Waals surface area contributed by atoms with E-state index in [1.807, 2.05) is 6.07 Å². The van der Waals surface area contributed by atoms with E-state index in [1.54, 1.807) is 0 Å². The van der Waals surface area contributed by atoms with Gasteiger partial charge in [0.15, 0.2) is 5.82 Å². The van der Waals surface area contributed by atoms with Crippen LogP contribution < -0.4 is 5.73 Å². The zero-order valence-electron chi connectivity index (χ0n) is 7.83. The summed E-state index contributed by atoms with van der Waals surface area (Å²) in [6.45, 7) is 0. The van der Waals surface area contributed by atoms with Gasteiger partial charge in [0.05, 0.1) is 0 Å². The van der Waals surface area contributed by atoms with Crippen LogP contribution in [0.5, 0.6) is 0 Å². The minimum Gasteiger partial charge on any atom is -0.381 e. The highest BCUT2D eigenvalue weighted by Gasteiger charge is 2.18. The van der Waals surface area contributed by atoms with Crippen LogP contribution in [0.25, 0.3) is 0 Å². The van der Waals surface area contributed by atoms with Crippen molar-refractivity contribution in [3.8, 4) is 0 Å². The lowest BCUT2D eigenvalue weighted by Gasteiger charge is -2.08. The van der Waals surface area contributed by atoms with Crippen LogP contribution in [-0.2, 0) is 0 Å². The fourth-order valence-electron chi connectivity index (χ4n) is 2.06. The predicted molar refractivity (Wildman–Crippen MR) is 51.4 cm³/mol. The second-order valence-corrected chi connectivity index (χ2v) is 3.84. The summed E-state index contributed by atoms with van der Waals surface area (Å²) in [5.74, 6) is 2.06. The van der Waals surface area contributed by atoms with E-state index in [-0.39, 0.29) is 0 Å². The largest absolute Gasteiger partial charge is 0.381 e. The standard InChI is InChI=1S/C10H16N2O/c11-10-7-9(13-12-10)8-5-3-1-2-4-6-8/h7-8H,1-6H2,(H2,11,12). The fourth-order valence-corrected chi connectivity index (χ4v) is 2.06. The van der Waals surface area contributed by atoms with Gasteiger partial charge in [-0.3, -0.25) is 0 Å². The van der Waals surface area contributed by atoms with E-state index in [9.17, 15) is 0 Å². The van der Waals surface area contributed by atoms with Gasteiger partial charge in [0.2, 0.25) is 0 Å². The molecule has 1 aliphatic carbocycles. The van der Waals surface area contributed by atoms with Crippen molar-refractivity contribution in [3.05, 3.63) is 11.8 Å². The Morgan fingerprint density at radius 2 is 1.92 bits per heavy atom. The Bertz CT molecular complexity index is 262. The lowest BCUT2D eigenvalue weighted by atomic mass is 9.98. The number of hydrogen-bond acceptors (Lipinski definition) is 3. The predicted octanol–water partition coefficient (Wildman–Crippen LogP) is 2.69. The number of nitrogen functional groups attached to an aromatic ring is 1. The number of nitrogens with two attached hydrogens (primary N) is 1. The van der Waals surface area contributed by atoms with Crippen LogP contribution >= 0.6 is 0 Å². The van der Waals surface area contributed by atoms with Crippen LogP contribution in [0.1, 0.15) is 50.2 Å². The maximum absolute atomic E-state index is 5.52. The summed E-state index contributed by atoms with van der Waals surface area (Å²) in [5, 5.41) is 3.73. The minimum absolute atomic E-state index is 0.513. The smallest absolute Gasteiger partial charge is 0.167 e. The Kier molecular flexibility index (Phi) is 2.52. The first-order chi connectivity index (χ1) is 6.36. The van der Waals surface area contributed by atoms with Gasteiger partial charge in [0.1, 0.15) is 5.76 Å². The van der Waals surface area contributed by atoms with Crippen LogP contribution in [0.15, 0.2) is 10.6 Å². The summed E-state index contributed by atoms with van der Waals surface area (Å²) in [6.07, 6.45) is 7.81. The van der Waals surface area contributed by atoms with Crippen molar-refractivity contribution in [2.45, 2.75) is 44.4 Å². The molecule has 1 saturated carbocycles. The van der Waals surface area contributed by atoms with Crippen molar-refractivity contribution in [2.24, 2.45) is 0 Å². The first-order valence-electron chi connectivity index (χ1n) is 5.08. The summed E-state index contributed by atoms with van der Waals surface area (Å²) < 4.78 is 5.18. The third-order valence-electron chi connectivity index (χ3n) is 2.80. The normalized spacial score (nSPS) is 20.0. The molecule has 1 heterocycles. The molecule has 72 valence electrons. The molecule has 3 heteroatoms. The molecule has 0 radical (unpaired) electrons. The van der Waals surface area contributed by atoms with Crippen LogP contribution in [0.3, 0.4) is 0 Å². The molecular formula is C10H16N2O. The molecule has 1 aromatic rings. The molecule has 1 fully saturated rings. The molecule has 2 N–H and O–H groups in total. The van der Waals surface area contributed by atoms with Crippen LogP contribution in [-0.4, -0.2) is 5.16 Å². The minimum atomic E-state index is 0.513. The highest BCUT2D eigenvalue weighted by molar-refractivity contribution is 5.28. The van der Waals surface area contributed by atoms with Gasteiger partial charge in [-0.05, 0) is 12.8 Å². The Hall–Kier alpha value is -0.990. The molecule has 0 aromatic carbocycles. The van der Waals surface area contributed by atoms with E-state index < -0.39 is 0 Å². The lowest BCUT2D eigenvalue weighted by molar-refractivity contribution is 0.349. The van der Waals surface area contributed by atoms with Gasteiger partial charge in [-0.15, -0.1) is 0 Å². The van der Waals surface area contributed by atoms with Crippen molar-refractivity contribution in [3.63, 3.8) is 0 Å². The number of nitrogens with zero attached hydrogens (tertiary/aromatic N) is 1. The Labute approximate surface area is 78.3 Å². The summed E-state index contributed by atoms with van der Waals surface area (Å²) in [7, 11) is 0. The van der Waals surface area contributed by atoms with Crippen LogP contribution in [0, 0.1) is 0 Å². The summed E-state index contributed by atoms with van der Waals surface area (Å²) >= 11 is 0. The van der Waals surface area contributed by atoms with Gasteiger partial charge in [-0.25, -0.2) is 0 Å². The third-order valence-corrected chi connectivity index (χ3v) is 2.80. The van der Waals surface area contributed by atoms with Crippen molar-refractivity contribution < 1.29 is 4.52 Å². The molecule has 0 spiro atoms. The maximum atomic E-state index is 5.52. The topological polar surface area (TPSA) is 52.0 Å². The Balaban J connectivity index is 2.06. The first kappa shape index (κ1) is 8.60. The number of aromatic nitrogens is 1. The van der Waals surface area contributed by atoms with Gasteiger partial charge in [0.25, 0.3) is 0 Å². The van der Waals surface area contributed by atoms with Crippen molar-refractivity contribution in [1.29, 1.82) is 0 Å². The van der Waals surface area contributed by atoms with Crippen molar-refractivity contribution in [1.82, 2.24) is 5.16 Å². The first-order valence-corrected chi connectivity index (χ1v) is 5.08. The van der Waals surface area contributed by atoms with Gasteiger partial charge < -0.3 is 10.3 Å². The highest BCUT2D eigenvalue weighted by atomic mass is 16.5. The average Bonchev–Trinajstić information content (AvgIpc) is 2.43. The number of anilines is 1. The molecular weight excluding hydrogens is 164 g/mol. The molecule has 0 atom stereocenters. The van der Waals surface area contributed by atoms with Crippen molar-refractivity contribution >= 4 is 5.82 Å². The van der Waals surface area contributed by atoms with Crippen LogP contribution in [0.2, 0.25) is 0 Å². The Morgan fingerprint density at radius 1 is 1.23 bits per heavy atom. The van der Waals surface area contributed by atoms with Gasteiger partial charge in [-0.2, -0.15) is 0 Å². The average molecular weight is 180 g/mol. The molecule has 3 nitrogen and oxygen atoms in total. The third kappa shape index (κ3) is 2.02. The van der Waals surface area contributed by atoms with E-state index in [4.69, 9.17) is 10.3 Å². The van der Waals surface area contributed by atoms with E-state index >= 15 is 0 Å². The lowest BCUT2D eigenvalue weighted by Crippen LogP contribution is -1.94. The Morgan fingerprint density at radius 3 is 2.46 bits per heavy atom. The van der Waals surface area contributed by atoms with Gasteiger partial charge >= 0.3 is 0 Å². The van der Waals surface area contributed by atoms with E-state index in [1.165, 1.54) is 38.5 Å². The van der Waals surface area contributed by atoms with Crippen molar-refractivity contribution in [2.75, 3.05) is 5.73 Å². The quantitative estimate of drug-likeness (QED) is 0.676. The molecule has 0 bridgehead atoms. The molecule has 0 amide bonds. The second-order valence-electron chi connectivity index (χ2n) is 3.84. The number of rotatable bonds is 1. The zero-order chi connectivity index (χ0) is 9.10. The second kappa shape index (κ2) is 3.81. The maximum Gasteiger partial charge on any atom is 0.167 e. The fraction of sp³-hybridized carbons (Fsp3) is 0.700. The highest BCUT2D eigenvalue weighted by Crippen LogP contribution is 2.31. The summed E-state index contributed by atoms with van der Waals surface area (Å²) in [6, 6.07) is 1.87. The molecule has 0 unspecified atom stereocenters. The number of hydrogen-bond donors (Lipinski definition) is 1. The molecule has 2 rings (SSSR count). The molecule has 1 aliphatic rings. The monoisotopic (exact) mass is 180 g/mol. The summed E-state index contributed by atoms with van der Waals surface area (Å²) in [4.78, 5) is 0. The van der Waals surface area contributed by atoms with E-state index in [0.29, 0.717) is 11.7 Å². The molecule has 0 saturated heterocycles. The van der Waals surface area contributed by atoms with E-state index in [0.717, 1.165) is 5.76 Å². The van der Waals surface area contributed by atoms with Gasteiger partial charge in [-0.1, -0.05) is 30.8 Å². The molecule has 0 aliphatic heterocycles. The zero-order valence-corrected chi connectivity index (χ0v) is 7.83. The summed E-state index contributed by atoms with van der Waals surface area (Å²) in [5.41, 5.74) is 5.52. The molecule has 1 aromatic heterocycles. The SMILES string of the molecule is Nc1cc(C2CCCCCC2)on1.